The third kappa shape index (κ3) is 4.36. The summed E-state index contributed by atoms with van der Waals surface area (Å²) >= 11 is 5.81. The van der Waals surface area contributed by atoms with Gasteiger partial charge in [-0.05, 0) is 122 Å². The molecule has 0 aromatic rings. The van der Waals surface area contributed by atoms with Crippen LogP contribution in [-0.4, -0.2) is 50.9 Å². The van der Waals surface area contributed by atoms with Gasteiger partial charge in [-0.25, -0.2) is 0 Å². The zero-order valence-corrected chi connectivity index (χ0v) is 24.2. The number of nitrogens with zero attached hydrogens (tertiary/aromatic N) is 2. The first-order chi connectivity index (χ1) is 16.0. The molecule has 4 aliphatic rings. The fourth-order valence-electron chi connectivity index (χ4n) is 8.41. The van der Waals surface area contributed by atoms with Gasteiger partial charge in [0.25, 0.3) is 0 Å². The number of rotatable bonds is 1. The van der Waals surface area contributed by atoms with Crippen LogP contribution in [0.3, 0.4) is 0 Å². The molecule has 4 rings (SSSR count). The molecule has 3 fully saturated rings. The van der Waals surface area contributed by atoms with Crippen LogP contribution in [0.5, 0.6) is 0 Å². The minimum absolute atomic E-state index is 0.00238. The number of likely N-dealkylation sites (N-methyl/N-ethyl adjacent to an activating group) is 1. The summed E-state index contributed by atoms with van der Waals surface area (Å²) in [5.41, 5.74) is -0.544. The summed E-state index contributed by atoms with van der Waals surface area (Å²) in [6.45, 7) is 17.3. The molecule has 1 N–H and O–H groups in total. The molecule has 3 saturated carbocycles. The van der Waals surface area contributed by atoms with Gasteiger partial charge in [-0.3, -0.25) is 14.5 Å². The van der Waals surface area contributed by atoms with Gasteiger partial charge < -0.3 is 10.2 Å². The smallest absolute Gasteiger partial charge is 0.246 e. The van der Waals surface area contributed by atoms with Crippen molar-refractivity contribution in [3.05, 3.63) is 12.2 Å². The van der Waals surface area contributed by atoms with E-state index < -0.39 is 0 Å². The average Bonchev–Trinajstić information content (AvgIpc) is 3.06. The monoisotopic (exact) mass is 501 g/mol. The summed E-state index contributed by atoms with van der Waals surface area (Å²) in [6.07, 6.45) is 10.5. The van der Waals surface area contributed by atoms with Crippen LogP contribution in [-0.2, 0) is 9.59 Å². The van der Waals surface area contributed by atoms with E-state index >= 15 is 0 Å². The summed E-state index contributed by atoms with van der Waals surface area (Å²) in [7, 11) is 1.97. The number of nitrogens with one attached hydrogen (secondary N) is 1. The molecule has 2 amide bonds. The highest BCUT2D eigenvalue weighted by atomic mass is 32.1. The maximum atomic E-state index is 14.3. The molecule has 5 nitrogen and oxygen atoms in total. The molecule has 0 aromatic carbocycles. The van der Waals surface area contributed by atoms with Crippen molar-refractivity contribution in [2.45, 2.75) is 111 Å². The maximum absolute atomic E-state index is 14.3. The number of fused-ring (bicyclic) bond motifs is 5. The summed E-state index contributed by atoms with van der Waals surface area (Å²) in [4.78, 5) is 30.5. The van der Waals surface area contributed by atoms with Crippen LogP contribution >= 0.6 is 12.2 Å². The number of carbonyl (C=O) groups excluding carboxylic acids is 2. The van der Waals surface area contributed by atoms with E-state index in [1.54, 1.807) is 6.08 Å². The number of thiocarbonyl (C=S) groups is 1. The lowest BCUT2D eigenvalue weighted by atomic mass is 9.47. The second-order valence-corrected chi connectivity index (χ2v) is 14.7. The second kappa shape index (κ2) is 8.56. The molecule has 1 aliphatic heterocycles. The van der Waals surface area contributed by atoms with Crippen molar-refractivity contribution in [2.75, 3.05) is 7.05 Å². The highest BCUT2D eigenvalue weighted by Gasteiger charge is 2.62. The van der Waals surface area contributed by atoms with Crippen LogP contribution in [0.25, 0.3) is 0 Å². The predicted molar refractivity (Wildman–Crippen MR) is 146 cm³/mol. The molecule has 0 saturated heterocycles. The molecule has 35 heavy (non-hydrogen) atoms. The Morgan fingerprint density at radius 3 is 2.31 bits per heavy atom. The molecule has 3 aliphatic carbocycles. The number of hydrogen-bond donors (Lipinski definition) is 1. The van der Waals surface area contributed by atoms with Gasteiger partial charge in [0.2, 0.25) is 11.8 Å². The third-order valence-electron chi connectivity index (χ3n) is 10.0. The predicted octanol–water partition coefficient (Wildman–Crippen LogP) is 5.54. The Bertz CT molecular complexity index is 931. The van der Waals surface area contributed by atoms with Crippen molar-refractivity contribution in [3.8, 4) is 0 Å². The van der Waals surface area contributed by atoms with Crippen molar-refractivity contribution in [3.63, 3.8) is 0 Å². The third-order valence-corrected chi connectivity index (χ3v) is 10.3. The number of carbonyl (C=O) groups is 2. The van der Waals surface area contributed by atoms with E-state index in [2.05, 4.69) is 66.8 Å². The van der Waals surface area contributed by atoms with Gasteiger partial charge >= 0.3 is 0 Å². The van der Waals surface area contributed by atoms with Crippen LogP contribution < -0.4 is 5.32 Å². The standard InChI is InChI=1S/C29H47N3O2S/c1-26(2,3)30-25(35)32(27(4,5)6)24(34)21-12-11-19-18-10-13-22-29(8,17-15-23(33)31(22)9)20(18)14-16-28(19,21)7/h15,17-22H,10-14,16H2,1-9H3,(H,30,35)/t18-,19-,20+,21?,22?,28-,29+/m0/s1. The Kier molecular flexibility index (Phi) is 6.51. The number of amides is 2. The normalized spacial score (nSPS) is 38.9. The van der Waals surface area contributed by atoms with Gasteiger partial charge in [-0.15, -0.1) is 0 Å². The largest absolute Gasteiger partial charge is 0.358 e. The molecule has 0 radical (unpaired) electrons. The van der Waals surface area contributed by atoms with E-state index in [9.17, 15) is 9.59 Å². The Labute approximate surface area is 218 Å². The lowest BCUT2D eigenvalue weighted by Gasteiger charge is -2.60. The molecule has 196 valence electrons. The Balaban J connectivity index is 1.61. The molecule has 7 atom stereocenters. The molecule has 2 unspecified atom stereocenters. The SMILES string of the molecule is CN1C(=O)C=C[C@@]2(C)C1CC[C@@H]1[C@H]2CC[C@]2(C)C(C(=O)N(C(=S)NC(C)(C)C)C(C)(C)C)CC[C@@H]12. The topological polar surface area (TPSA) is 52.7 Å². The summed E-state index contributed by atoms with van der Waals surface area (Å²) < 4.78 is 0. The van der Waals surface area contributed by atoms with Crippen LogP contribution in [0, 0.1) is 34.5 Å². The summed E-state index contributed by atoms with van der Waals surface area (Å²) in [5.74, 6) is 2.08. The number of hydrogen-bond acceptors (Lipinski definition) is 3. The van der Waals surface area contributed by atoms with Crippen LogP contribution in [0.15, 0.2) is 12.2 Å². The molecular weight excluding hydrogens is 454 g/mol. The van der Waals surface area contributed by atoms with Crippen molar-refractivity contribution in [1.82, 2.24) is 15.1 Å². The second-order valence-electron chi connectivity index (χ2n) is 14.3. The van der Waals surface area contributed by atoms with Crippen LogP contribution in [0.4, 0.5) is 0 Å². The summed E-state index contributed by atoms with van der Waals surface area (Å²) in [5, 5.41) is 3.95. The van der Waals surface area contributed by atoms with Crippen LogP contribution in [0.1, 0.15) is 93.9 Å². The Hall–Kier alpha value is -1.43. The first-order valence-electron chi connectivity index (χ1n) is 13.6. The maximum Gasteiger partial charge on any atom is 0.246 e. The first kappa shape index (κ1) is 26.6. The van der Waals surface area contributed by atoms with Gasteiger partial charge in [-0.1, -0.05) is 19.9 Å². The lowest BCUT2D eigenvalue weighted by molar-refractivity contribution is -0.147. The van der Waals surface area contributed by atoms with E-state index in [1.165, 1.54) is 0 Å². The van der Waals surface area contributed by atoms with Crippen molar-refractivity contribution >= 4 is 29.1 Å². The minimum atomic E-state index is -0.381. The molecule has 0 aromatic heterocycles. The van der Waals surface area contributed by atoms with Gasteiger partial charge in [0.15, 0.2) is 5.11 Å². The van der Waals surface area contributed by atoms with Gasteiger partial charge in [0.1, 0.15) is 0 Å². The quantitative estimate of drug-likeness (QED) is 0.479. The molecule has 1 heterocycles. The van der Waals surface area contributed by atoms with E-state index in [-0.39, 0.29) is 39.6 Å². The lowest BCUT2D eigenvalue weighted by Crippen LogP contribution is -2.61. The van der Waals surface area contributed by atoms with E-state index in [0.717, 1.165) is 38.5 Å². The molecular formula is C29H47N3O2S. The summed E-state index contributed by atoms with van der Waals surface area (Å²) in [6, 6.07) is 0.293. The minimum Gasteiger partial charge on any atom is -0.358 e. The van der Waals surface area contributed by atoms with Crippen LogP contribution in [0.2, 0.25) is 0 Å². The van der Waals surface area contributed by atoms with Gasteiger partial charge in [0.05, 0.1) is 0 Å². The van der Waals surface area contributed by atoms with Crippen molar-refractivity contribution in [2.24, 2.45) is 34.5 Å². The molecule has 6 heteroatoms. The van der Waals surface area contributed by atoms with Gasteiger partial charge in [0, 0.05) is 35.5 Å². The van der Waals surface area contributed by atoms with E-state index in [0.29, 0.717) is 28.9 Å². The van der Waals surface area contributed by atoms with Gasteiger partial charge in [-0.2, -0.15) is 0 Å². The Morgan fingerprint density at radius 1 is 1.06 bits per heavy atom. The zero-order valence-electron chi connectivity index (χ0n) is 23.4. The van der Waals surface area contributed by atoms with Crippen molar-refractivity contribution in [1.29, 1.82) is 0 Å². The average molecular weight is 502 g/mol. The molecule has 0 bridgehead atoms. The highest BCUT2D eigenvalue weighted by molar-refractivity contribution is 7.80. The highest BCUT2D eigenvalue weighted by Crippen LogP contribution is 2.65. The Morgan fingerprint density at radius 2 is 1.71 bits per heavy atom. The van der Waals surface area contributed by atoms with E-state index in [1.807, 2.05) is 16.8 Å². The fourth-order valence-corrected chi connectivity index (χ4v) is 9.08. The van der Waals surface area contributed by atoms with Crippen molar-refractivity contribution < 1.29 is 9.59 Å². The molecule has 0 spiro atoms. The van der Waals surface area contributed by atoms with E-state index in [4.69, 9.17) is 12.2 Å². The zero-order chi connectivity index (χ0) is 26.1. The fraction of sp³-hybridized carbons (Fsp3) is 0.828. The first-order valence-corrected chi connectivity index (χ1v) is 14.0.